The number of rotatable bonds is 3. The molecule has 1 aromatic carbocycles. The summed E-state index contributed by atoms with van der Waals surface area (Å²) in [5.41, 5.74) is 7.12. The van der Waals surface area contributed by atoms with Gasteiger partial charge in [0, 0.05) is 17.3 Å². The fraction of sp³-hybridized carbons (Fsp3) is 0.0909. The lowest BCUT2D eigenvalue weighted by atomic mass is 10.2. The van der Waals surface area contributed by atoms with E-state index in [2.05, 4.69) is 10.2 Å². The first-order valence-electron chi connectivity index (χ1n) is 4.85. The molecule has 0 aliphatic rings. The van der Waals surface area contributed by atoms with Crippen molar-refractivity contribution in [1.82, 2.24) is 10.2 Å². The molecule has 0 saturated heterocycles. The summed E-state index contributed by atoms with van der Waals surface area (Å²) in [6.07, 6.45) is 0. The molecule has 0 saturated carbocycles. The van der Waals surface area contributed by atoms with Crippen LogP contribution in [0.3, 0.4) is 0 Å². The number of thiocarbonyl (C=S) groups is 1. The van der Waals surface area contributed by atoms with Gasteiger partial charge < -0.3 is 10.5 Å². The van der Waals surface area contributed by atoms with Crippen molar-refractivity contribution in [1.29, 1.82) is 0 Å². The van der Waals surface area contributed by atoms with E-state index in [1.165, 1.54) is 0 Å². The average molecular weight is 268 g/mol. The minimum absolute atomic E-state index is 0.300. The number of halogens is 1. The summed E-state index contributed by atoms with van der Waals surface area (Å²) >= 11 is 10.9. The van der Waals surface area contributed by atoms with Crippen LogP contribution in [0.2, 0.25) is 5.02 Å². The number of ether oxygens (including phenoxy) is 1. The zero-order chi connectivity index (χ0) is 12.4. The smallest absolute Gasteiger partial charge is 0.238 e. The third kappa shape index (κ3) is 2.75. The molecule has 17 heavy (non-hydrogen) atoms. The molecular weight excluding hydrogens is 258 g/mol. The SMILES string of the molecule is Cc1cc(Oc2ccc(C(N)=S)cc2Cl)n[nH]1. The fourth-order valence-electron chi connectivity index (χ4n) is 1.29. The maximum absolute atomic E-state index is 6.05. The number of aromatic amines is 1. The van der Waals surface area contributed by atoms with Gasteiger partial charge in [-0.2, -0.15) is 0 Å². The van der Waals surface area contributed by atoms with Crippen LogP contribution >= 0.6 is 23.8 Å². The van der Waals surface area contributed by atoms with Crippen molar-refractivity contribution in [3.8, 4) is 11.6 Å². The second-order valence-corrected chi connectivity index (χ2v) is 4.35. The molecule has 0 spiro atoms. The highest BCUT2D eigenvalue weighted by atomic mass is 35.5. The van der Waals surface area contributed by atoms with Crippen molar-refractivity contribution in [2.75, 3.05) is 0 Å². The number of aryl methyl sites for hydroxylation is 1. The van der Waals surface area contributed by atoms with E-state index in [0.29, 0.717) is 27.2 Å². The highest BCUT2D eigenvalue weighted by Crippen LogP contribution is 2.29. The molecular formula is C11H10ClN3OS. The normalized spacial score (nSPS) is 10.2. The molecule has 0 amide bonds. The van der Waals surface area contributed by atoms with E-state index in [0.717, 1.165) is 5.69 Å². The third-order valence-electron chi connectivity index (χ3n) is 2.11. The standard InChI is InChI=1S/C11H10ClN3OS/c1-6-4-10(15-14-6)16-9-3-2-7(11(13)17)5-8(9)12/h2-5H,1H3,(H2,13,17)(H,14,15). The average Bonchev–Trinajstić information content (AvgIpc) is 2.67. The van der Waals surface area contributed by atoms with E-state index in [9.17, 15) is 0 Å². The quantitative estimate of drug-likeness (QED) is 0.840. The number of benzene rings is 1. The first-order valence-corrected chi connectivity index (χ1v) is 5.64. The Bertz CT molecular complexity index is 568. The van der Waals surface area contributed by atoms with E-state index in [1.54, 1.807) is 24.3 Å². The van der Waals surface area contributed by atoms with Crippen molar-refractivity contribution < 1.29 is 4.74 Å². The Kier molecular flexibility index (Phi) is 3.31. The van der Waals surface area contributed by atoms with E-state index in [4.69, 9.17) is 34.3 Å². The van der Waals surface area contributed by atoms with Gasteiger partial charge in [0.05, 0.1) is 5.02 Å². The molecule has 0 bridgehead atoms. The Morgan fingerprint density at radius 1 is 1.47 bits per heavy atom. The molecule has 88 valence electrons. The lowest BCUT2D eigenvalue weighted by Gasteiger charge is -2.06. The molecule has 1 heterocycles. The van der Waals surface area contributed by atoms with Crippen LogP contribution in [0.15, 0.2) is 24.3 Å². The Morgan fingerprint density at radius 2 is 2.24 bits per heavy atom. The van der Waals surface area contributed by atoms with E-state index < -0.39 is 0 Å². The van der Waals surface area contributed by atoms with Crippen LogP contribution in [0.5, 0.6) is 11.6 Å². The van der Waals surface area contributed by atoms with Crippen LogP contribution in [-0.2, 0) is 0 Å². The molecule has 4 nitrogen and oxygen atoms in total. The Morgan fingerprint density at radius 3 is 2.76 bits per heavy atom. The first-order chi connectivity index (χ1) is 8.06. The molecule has 0 radical (unpaired) electrons. The number of nitrogens with one attached hydrogen (secondary N) is 1. The topological polar surface area (TPSA) is 63.9 Å². The molecule has 2 aromatic rings. The molecule has 3 N–H and O–H groups in total. The lowest BCUT2D eigenvalue weighted by Crippen LogP contribution is -2.08. The summed E-state index contributed by atoms with van der Waals surface area (Å²) in [5.74, 6) is 0.977. The zero-order valence-electron chi connectivity index (χ0n) is 9.03. The number of aromatic nitrogens is 2. The predicted octanol–water partition coefficient (Wildman–Crippen LogP) is 2.80. The summed E-state index contributed by atoms with van der Waals surface area (Å²) in [4.78, 5) is 0.300. The lowest BCUT2D eigenvalue weighted by molar-refractivity contribution is 0.462. The van der Waals surface area contributed by atoms with Gasteiger partial charge in [-0.05, 0) is 25.1 Å². The van der Waals surface area contributed by atoms with Crippen LogP contribution in [0.4, 0.5) is 0 Å². The van der Waals surface area contributed by atoms with E-state index >= 15 is 0 Å². The summed E-state index contributed by atoms with van der Waals surface area (Å²) in [6, 6.07) is 6.90. The van der Waals surface area contributed by atoms with Gasteiger partial charge in [-0.15, -0.1) is 5.10 Å². The highest BCUT2D eigenvalue weighted by Gasteiger charge is 2.07. The molecule has 6 heteroatoms. The molecule has 0 unspecified atom stereocenters. The molecule has 0 atom stereocenters. The van der Waals surface area contributed by atoms with Crippen molar-refractivity contribution >= 4 is 28.8 Å². The van der Waals surface area contributed by atoms with Gasteiger partial charge in [-0.3, -0.25) is 5.10 Å². The van der Waals surface area contributed by atoms with Crippen LogP contribution < -0.4 is 10.5 Å². The van der Waals surface area contributed by atoms with Crippen LogP contribution in [0, 0.1) is 6.92 Å². The van der Waals surface area contributed by atoms with E-state index in [-0.39, 0.29) is 0 Å². The Labute approximate surface area is 109 Å². The van der Waals surface area contributed by atoms with Gasteiger partial charge in [-0.25, -0.2) is 0 Å². The van der Waals surface area contributed by atoms with Crippen molar-refractivity contribution in [2.45, 2.75) is 6.92 Å². The minimum atomic E-state index is 0.300. The Hall–Kier alpha value is -1.59. The van der Waals surface area contributed by atoms with Crippen LogP contribution in [0.25, 0.3) is 0 Å². The minimum Gasteiger partial charge on any atom is -0.436 e. The summed E-state index contributed by atoms with van der Waals surface area (Å²) in [6.45, 7) is 1.89. The number of hydrogen-bond acceptors (Lipinski definition) is 3. The zero-order valence-corrected chi connectivity index (χ0v) is 10.6. The van der Waals surface area contributed by atoms with Gasteiger partial charge in [0.1, 0.15) is 10.7 Å². The predicted molar refractivity (Wildman–Crippen MR) is 70.7 cm³/mol. The van der Waals surface area contributed by atoms with Gasteiger partial charge >= 0.3 is 0 Å². The summed E-state index contributed by atoms with van der Waals surface area (Å²) in [7, 11) is 0. The molecule has 0 aliphatic heterocycles. The molecule has 0 fully saturated rings. The maximum Gasteiger partial charge on any atom is 0.238 e. The van der Waals surface area contributed by atoms with Crippen molar-refractivity contribution in [3.05, 3.63) is 40.5 Å². The fourth-order valence-corrected chi connectivity index (χ4v) is 1.64. The second-order valence-electron chi connectivity index (χ2n) is 3.50. The van der Waals surface area contributed by atoms with Crippen LogP contribution in [0.1, 0.15) is 11.3 Å². The third-order valence-corrected chi connectivity index (χ3v) is 2.64. The highest BCUT2D eigenvalue weighted by molar-refractivity contribution is 7.80. The van der Waals surface area contributed by atoms with Gasteiger partial charge in [0.2, 0.25) is 5.88 Å². The van der Waals surface area contributed by atoms with Gasteiger partial charge in [-0.1, -0.05) is 23.8 Å². The van der Waals surface area contributed by atoms with E-state index in [1.807, 2.05) is 6.92 Å². The summed E-state index contributed by atoms with van der Waals surface area (Å²) < 4.78 is 5.51. The van der Waals surface area contributed by atoms with Crippen molar-refractivity contribution in [3.63, 3.8) is 0 Å². The summed E-state index contributed by atoms with van der Waals surface area (Å²) in [5, 5.41) is 7.17. The monoisotopic (exact) mass is 267 g/mol. The van der Waals surface area contributed by atoms with Gasteiger partial charge in [0.25, 0.3) is 0 Å². The molecule has 0 aliphatic carbocycles. The number of nitrogens with two attached hydrogens (primary N) is 1. The second kappa shape index (κ2) is 4.73. The number of hydrogen-bond donors (Lipinski definition) is 2. The number of H-pyrrole nitrogens is 1. The van der Waals surface area contributed by atoms with Crippen LogP contribution in [-0.4, -0.2) is 15.2 Å². The number of nitrogens with zero attached hydrogens (tertiary/aromatic N) is 1. The van der Waals surface area contributed by atoms with Crippen molar-refractivity contribution in [2.24, 2.45) is 5.73 Å². The maximum atomic E-state index is 6.05. The Balaban J connectivity index is 2.25. The largest absolute Gasteiger partial charge is 0.436 e. The van der Waals surface area contributed by atoms with Gasteiger partial charge in [0.15, 0.2) is 0 Å². The molecule has 2 rings (SSSR count). The molecule has 1 aromatic heterocycles. The first kappa shape index (κ1) is 11.9.